The maximum absolute atomic E-state index is 13.1. The van der Waals surface area contributed by atoms with Crippen LogP contribution in [0.3, 0.4) is 0 Å². The second-order valence-electron chi connectivity index (χ2n) is 5.58. The Bertz CT molecular complexity index is 928. The van der Waals surface area contributed by atoms with E-state index < -0.39 is 0 Å². The summed E-state index contributed by atoms with van der Waals surface area (Å²) in [7, 11) is 1.57. The lowest BCUT2D eigenvalue weighted by Crippen LogP contribution is -2.15. The number of methoxy groups -OCH3 is 1. The van der Waals surface area contributed by atoms with Crippen LogP contribution in [0.1, 0.15) is 15.2 Å². The topological polar surface area (TPSA) is 73.3 Å². The van der Waals surface area contributed by atoms with E-state index in [1.807, 2.05) is 6.92 Å². The van der Waals surface area contributed by atoms with Crippen LogP contribution < -0.4 is 10.1 Å². The summed E-state index contributed by atoms with van der Waals surface area (Å²) in [6, 6.07) is 9.37. The molecule has 1 N–H and O–H groups in total. The second-order valence-corrected chi connectivity index (χ2v) is 6.79. The summed E-state index contributed by atoms with van der Waals surface area (Å²) >= 11 is 1.35. The van der Waals surface area contributed by atoms with Gasteiger partial charge in [-0.2, -0.15) is 0 Å². The number of benzene rings is 1. The number of amides is 1. The number of nitrogens with one attached hydrogen (secondary N) is 1. The van der Waals surface area contributed by atoms with Crippen LogP contribution in [0.4, 0.5) is 9.52 Å². The third kappa shape index (κ3) is 4.66. The number of ether oxygens (including phenoxy) is 2. The fraction of sp³-hybridized carbons (Fsp3) is 0.211. The number of pyridine rings is 1. The minimum absolute atomic E-state index is 0.235. The van der Waals surface area contributed by atoms with Crippen molar-refractivity contribution in [1.29, 1.82) is 0 Å². The van der Waals surface area contributed by atoms with Gasteiger partial charge in [0.15, 0.2) is 5.13 Å². The fourth-order valence-corrected chi connectivity index (χ4v) is 3.22. The highest BCUT2D eigenvalue weighted by Crippen LogP contribution is 2.31. The van der Waals surface area contributed by atoms with Crippen LogP contribution in [0.15, 0.2) is 42.6 Å². The molecule has 3 rings (SSSR count). The van der Waals surface area contributed by atoms with Gasteiger partial charge >= 0.3 is 0 Å². The van der Waals surface area contributed by atoms with Gasteiger partial charge in [-0.15, -0.1) is 11.3 Å². The average molecular weight is 387 g/mol. The lowest BCUT2D eigenvalue weighted by Gasteiger charge is -2.09. The zero-order valence-electron chi connectivity index (χ0n) is 14.9. The number of hydrogen-bond acceptors (Lipinski definition) is 6. The number of anilines is 1. The van der Waals surface area contributed by atoms with Crippen molar-refractivity contribution in [3.8, 4) is 17.1 Å². The van der Waals surface area contributed by atoms with Gasteiger partial charge in [0.05, 0.1) is 12.3 Å². The summed E-state index contributed by atoms with van der Waals surface area (Å²) < 4.78 is 23.6. The molecule has 0 aliphatic carbocycles. The summed E-state index contributed by atoms with van der Waals surface area (Å²) in [6.07, 6.45) is 1.55. The Morgan fingerprint density at radius 3 is 2.74 bits per heavy atom. The molecule has 0 aliphatic rings. The number of rotatable bonds is 7. The van der Waals surface area contributed by atoms with Crippen molar-refractivity contribution in [2.45, 2.75) is 6.92 Å². The Morgan fingerprint density at radius 2 is 2.00 bits per heavy atom. The first-order valence-electron chi connectivity index (χ1n) is 8.20. The maximum Gasteiger partial charge on any atom is 0.262 e. The van der Waals surface area contributed by atoms with E-state index in [4.69, 9.17) is 9.47 Å². The van der Waals surface area contributed by atoms with Crippen LogP contribution in [0.25, 0.3) is 11.3 Å². The highest BCUT2D eigenvalue weighted by atomic mass is 32.1. The van der Waals surface area contributed by atoms with Gasteiger partial charge in [-0.3, -0.25) is 10.1 Å². The van der Waals surface area contributed by atoms with E-state index in [2.05, 4.69) is 15.3 Å². The third-order valence-electron chi connectivity index (χ3n) is 3.68. The van der Waals surface area contributed by atoms with Crippen molar-refractivity contribution in [2.75, 3.05) is 25.6 Å². The van der Waals surface area contributed by atoms with Gasteiger partial charge in [0, 0.05) is 23.7 Å². The molecule has 6 nitrogen and oxygen atoms in total. The van der Waals surface area contributed by atoms with Crippen LogP contribution in [0.5, 0.6) is 5.88 Å². The Balaban J connectivity index is 1.77. The van der Waals surface area contributed by atoms with E-state index in [1.54, 1.807) is 37.6 Å². The zero-order valence-corrected chi connectivity index (χ0v) is 15.7. The molecule has 0 aliphatic heterocycles. The Hall–Kier alpha value is -2.84. The minimum Gasteiger partial charge on any atom is -0.475 e. The van der Waals surface area contributed by atoms with Crippen molar-refractivity contribution in [2.24, 2.45) is 0 Å². The molecule has 0 fully saturated rings. The predicted molar refractivity (Wildman–Crippen MR) is 102 cm³/mol. The van der Waals surface area contributed by atoms with Crippen molar-refractivity contribution >= 4 is 22.4 Å². The number of halogens is 1. The van der Waals surface area contributed by atoms with E-state index in [0.29, 0.717) is 29.6 Å². The molecule has 27 heavy (non-hydrogen) atoms. The van der Waals surface area contributed by atoms with Gasteiger partial charge in [-0.25, -0.2) is 14.4 Å². The molecule has 2 aromatic heterocycles. The van der Waals surface area contributed by atoms with Gasteiger partial charge in [-0.05, 0) is 43.3 Å². The molecule has 0 radical (unpaired) electrons. The molecule has 0 bridgehead atoms. The normalized spacial score (nSPS) is 10.6. The van der Waals surface area contributed by atoms with Crippen LogP contribution >= 0.6 is 11.3 Å². The lowest BCUT2D eigenvalue weighted by atomic mass is 10.1. The zero-order chi connectivity index (χ0) is 19.2. The van der Waals surface area contributed by atoms with Gasteiger partial charge in [0.25, 0.3) is 5.91 Å². The van der Waals surface area contributed by atoms with E-state index in [9.17, 15) is 9.18 Å². The molecular weight excluding hydrogens is 369 g/mol. The Kier molecular flexibility index (Phi) is 6.10. The lowest BCUT2D eigenvalue weighted by molar-refractivity contribution is 0.101. The highest BCUT2D eigenvalue weighted by molar-refractivity contribution is 7.16. The Morgan fingerprint density at radius 1 is 1.22 bits per heavy atom. The molecule has 8 heteroatoms. The van der Waals surface area contributed by atoms with Crippen LogP contribution in [-0.2, 0) is 4.74 Å². The first kappa shape index (κ1) is 18.9. The van der Waals surface area contributed by atoms with Crippen molar-refractivity contribution < 1.29 is 18.7 Å². The molecule has 1 aromatic carbocycles. The molecule has 0 unspecified atom stereocenters. The van der Waals surface area contributed by atoms with Crippen LogP contribution in [0.2, 0.25) is 0 Å². The molecule has 0 spiro atoms. The summed E-state index contributed by atoms with van der Waals surface area (Å²) in [5.74, 6) is -0.438. The number of nitrogens with zero attached hydrogens (tertiary/aromatic N) is 2. The van der Waals surface area contributed by atoms with Crippen molar-refractivity contribution in [3.63, 3.8) is 0 Å². The molecule has 3 aromatic rings. The monoisotopic (exact) mass is 387 g/mol. The van der Waals surface area contributed by atoms with Crippen LogP contribution in [0, 0.1) is 12.7 Å². The number of aryl methyl sites for hydroxylation is 1. The van der Waals surface area contributed by atoms with Crippen molar-refractivity contribution in [1.82, 2.24) is 9.97 Å². The molecular formula is C19H18FN3O3S. The molecule has 0 saturated heterocycles. The quantitative estimate of drug-likeness (QED) is 0.622. The minimum atomic E-state index is -0.366. The smallest absolute Gasteiger partial charge is 0.262 e. The Labute approximate surface area is 160 Å². The first-order chi connectivity index (χ1) is 13.1. The first-order valence-corrected chi connectivity index (χ1v) is 9.01. The SMILES string of the molecule is COCCOc1ncccc1C(=O)Nc1nc(-c2ccc(F)cc2)c(C)s1. The van der Waals surface area contributed by atoms with E-state index in [-0.39, 0.29) is 17.6 Å². The summed E-state index contributed by atoms with van der Waals surface area (Å²) in [5.41, 5.74) is 1.80. The molecule has 0 atom stereocenters. The van der Waals surface area contributed by atoms with Gasteiger partial charge in [0.2, 0.25) is 5.88 Å². The molecule has 0 saturated carbocycles. The van der Waals surface area contributed by atoms with E-state index >= 15 is 0 Å². The average Bonchev–Trinajstić information content (AvgIpc) is 3.03. The predicted octanol–water partition coefficient (Wildman–Crippen LogP) is 3.93. The van der Waals surface area contributed by atoms with Gasteiger partial charge in [0.1, 0.15) is 18.0 Å². The van der Waals surface area contributed by atoms with Gasteiger partial charge in [-0.1, -0.05) is 0 Å². The number of carbonyl (C=O) groups is 1. The van der Waals surface area contributed by atoms with Crippen LogP contribution in [-0.4, -0.2) is 36.2 Å². The molecule has 1 amide bonds. The molecule has 2 heterocycles. The van der Waals surface area contributed by atoms with Gasteiger partial charge < -0.3 is 9.47 Å². The van der Waals surface area contributed by atoms with E-state index in [1.165, 1.54) is 23.5 Å². The number of aromatic nitrogens is 2. The second kappa shape index (κ2) is 8.70. The largest absolute Gasteiger partial charge is 0.475 e. The summed E-state index contributed by atoms with van der Waals surface area (Å²) in [6.45, 7) is 2.58. The summed E-state index contributed by atoms with van der Waals surface area (Å²) in [4.78, 5) is 22.1. The summed E-state index contributed by atoms with van der Waals surface area (Å²) in [5, 5.41) is 3.22. The van der Waals surface area contributed by atoms with Crippen molar-refractivity contribution in [3.05, 3.63) is 58.9 Å². The maximum atomic E-state index is 13.1. The molecule has 140 valence electrons. The fourth-order valence-electron chi connectivity index (χ4n) is 2.39. The highest BCUT2D eigenvalue weighted by Gasteiger charge is 2.17. The third-order valence-corrected chi connectivity index (χ3v) is 4.56. The number of hydrogen-bond donors (Lipinski definition) is 1. The number of carbonyl (C=O) groups excluding carboxylic acids is 1. The standard InChI is InChI=1S/C19H18FN3O3S/c1-12-16(13-5-7-14(20)8-6-13)22-19(27-12)23-17(24)15-4-3-9-21-18(15)26-11-10-25-2/h3-9H,10-11H2,1-2H3,(H,22,23,24). The number of thiazole rings is 1. The van der Waals surface area contributed by atoms with E-state index in [0.717, 1.165) is 10.4 Å².